The van der Waals surface area contributed by atoms with E-state index in [1.54, 1.807) is 0 Å². The average Bonchev–Trinajstić information content (AvgIpc) is 3.08. The van der Waals surface area contributed by atoms with E-state index in [1.165, 1.54) is 37.9 Å². The fraction of sp³-hybridized carbons (Fsp3) is 0.632. The highest BCUT2D eigenvalue weighted by Crippen LogP contribution is 2.19. The second kappa shape index (κ2) is 7.93. The molecule has 0 aliphatic carbocycles. The normalized spacial score (nSPS) is 22.5. The highest BCUT2D eigenvalue weighted by atomic mass is 16.2. The number of hydrogen-bond donors (Lipinski definition) is 1. The zero-order valence-corrected chi connectivity index (χ0v) is 14.3. The molecule has 0 bridgehead atoms. The Morgan fingerprint density at radius 1 is 1.22 bits per heavy atom. The number of nitrogens with zero attached hydrogens (tertiary/aromatic N) is 2. The highest BCUT2D eigenvalue weighted by Gasteiger charge is 2.24. The third-order valence-corrected chi connectivity index (χ3v) is 5.08. The van der Waals surface area contributed by atoms with Crippen molar-refractivity contribution >= 4 is 5.91 Å². The molecule has 1 aromatic carbocycles. The molecule has 2 saturated heterocycles. The van der Waals surface area contributed by atoms with Crippen molar-refractivity contribution < 1.29 is 4.79 Å². The van der Waals surface area contributed by atoms with Crippen molar-refractivity contribution in [1.29, 1.82) is 0 Å². The first kappa shape index (κ1) is 16.5. The van der Waals surface area contributed by atoms with Gasteiger partial charge in [-0.05, 0) is 76.0 Å². The van der Waals surface area contributed by atoms with Gasteiger partial charge in [0, 0.05) is 25.2 Å². The maximum absolute atomic E-state index is 12.8. The lowest BCUT2D eigenvalue weighted by molar-refractivity contribution is 0.0674. The minimum Gasteiger partial charge on any atom is -0.338 e. The summed E-state index contributed by atoms with van der Waals surface area (Å²) >= 11 is 0. The number of nitrogens with one attached hydrogen (secondary N) is 1. The molecule has 1 atom stereocenters. The predicted molar refractivity (Wildman–Crippen MR) is 93.5 cm³/mol. The van der Waals surface area contributed by atoms with Crippen LogP contribution in [0, 0.1) is 5.92 Å². The summed E-state index contributed by atoms with van der Waals surface area (Å²) in [6.45, 7) is 6.14. The maximum atomic E-state index is 12.8. The van der Waals surface area contributed by atoms with Crippen molar-refractivity contribution in [3.8, 4) is 0 Å². The van der Waals surface area contributed by atoms with Gasteiger partial charge in [0.2, 0.25) is 0 Å². The van der Waals surface area contributed by atoms with Crippen molar-refractivity contribution in [3.63, 3.8) is 0 Å². The van der Waals surface area contributed by atoms with Gasteiger partial charge < -0.3 is 10.2 Å². The van der Waals surface area contributed by atoms with Crippen LogP contribution in [-0.4, -0.2) is 55.5 Å². The largest absolute Gasteiger partial charge is 0.338 e. The summed E-state index contributed by atoms with van der Waals surface area (Å²) < 4.78 is 0. The Labute approximate surface area is 139 Å². The van der Waals surface area contributed by atoms with Gasteiger partial charge in [0.15, 0.2) is 0 Å². The lowest BCUT2D eigenvalue weighted by atomic mass is 9.97. The lowest BCUT2D eigenvalue weighted by Gasteiger charge is -2.33. The molecule has 2 aliphatic rings. The number of rotatable bonds is 5. The molecule has 0 spiro atoms. The quantitative estimate of drug-likeness (QED) is 0.906. The van der Waals surface area contributed by atoms with Crippen molar-refractivity contribution in [1.82, 2.24) is 15.1 Å². The van der Waals surface area contributed by atoms with Gasteiger partial charge in [-0.1, -0.05) is 12.1 Å². The zero-order valence-electron chi connectivity index (χ0n) is 14.3. The van der Waals surface area contributed by atoms with Crippen LogP contribution in [-0.2, 0) is 6.54 Å². The molecule has 4 nitrogen and oxygen atoms in total. The van der Waals surface area contributed by atoms with E-state index < -0.39 is 0 Å². The fourth-order valence-electron chi connectivity index (χ4n) is 3.89. The Hall–Kier alpha value is -1.39. The van der Waals surface area contributed by atoms with Crippen molar-refractivity contribution in [2.24, 2.45) is 5.92 Å². The zero-order chi connectivity index (χ0) is 16.1. The van der Waals surface area contributed by atoms with Gasteiger partial charge in [0.05, 0.1) is 0 Å². The van der Waals surface area contributed by atoms with Crippen LogP contribution >= 0.6 is 0 Å². The van der Waals surface area contributed by atoms with E-state index in [0.29, 0.717) is 5.92 Å². The summed E-state index contributed by atoms with van der Waals surface area (Å²) in [5, 5.41) is 3.24. The number of amides is 1. The molecule has 1 aromatic rings. The summed E-state index contributed by atoms with van der Waals surface area (Å²) in [6, 6.07) is 8.25. The molecule has 0 saturated carbocycles. The standard InChI is InChI=1S/C19H29N3O/c1-20-13-17-7-5-11-22(15-17)19(23)18-8-4-6-16(12-18)14-21-9-2-3-10-21/h4,6,8,12,17,20H,2-3,5,7,9-11,13-15H2,1H3. The molecule has 0 radical (unpaired) electrons. The average molecular weight is 315 g/mol. The van der Waals surface area contributed by atoms with E-state index in [2.05, 4.69) is 22.3 Å². The van der Waals surface area contributed by atoms with Gasteiger partial charge in [-0.2, -0.15) is 0 Å². The Morgan fingerprint density at radius 3 is 2.83 bits per heavy atom. The molecule has 23 heavy (non-hydrogen) atoms. The Balaban J connectivity index is 1.64. The second-order valence-corrected chi connectivity index (χ2v) is 7.00. The Morgan fingerprint density at radius 2 is 2.04 bits per heavy atom. The molecule has 1 amide bonds. The first-order chi connectivity index (χ1) is 11.3. The minimum atomic E-state index is 0.203. The maximum Gasteiger partial charge on any atom is 0.253 e. The van der Waals surface area contributed by atoms with E-state index in [1.807, 2.05) is 24.1 Å². The molecular weight excluding hydrogens is 286 g/mol. The molecule has 2 heterocycles. The van der Waals surface area contributed by atoms with E-state index >= 15 is 0 Å². The number of carbonyl (C=O) groups is 1. The molecule has 0 aromatic heterocycles. The van der Waals surface area contributed by atoms with E-state index in [0.717, 1.165) is 38.2 Å². The van der Waals surface area contributed by atoms with Crippen LogP contribution in [0.2, 0.25) is 0 Å². The molecule has 2 aliphatic heterocycles. The van der Waals surface area contributed by atoms with Crippen LogP contribution in [0.4, 0.5) is 0 Å². The molecular formula is C19H29N3O. The van der Waals surface area contributed by atoms with Crippen LogP contribution in [0.5, 0.6) is 0 Å². The SMILES string of the molecule is CNCC1CCCN(C(=O)c2cccc(CN3CCCC3)c2)C1. The van der Waals surface area contributed by atoms with Gasteiger partial charge in [-0.25, -0.2) is 0 Å². The number of benzene rings is 1. The van der Waals surface area contributed by atoms with E-state index in [9.17, 15) is 4.79 Å². The molecule has 126 valence electrons. The van der Waals surface area contributed by atoms with Gasteiger partial charge >= 0.3 is 0 Å². The summed E-state index contributed by atoms with van der Waals surface area (Å²) in [4.78, 5) is 17.4. The van der Waals surface area contributed by atoms with Crippen LogP contribution in [0.3, 0.4) is 0 Å². The first-order valence-corrected chi connectivity index (χ1v) is 9.01. The number of piperidine rings is 1. The summed E-state index contributed by atoms with van der Waals surface area (Å²) in [6.07, 6.45) is 4.95. The summed E-state index contributed by atoms with van der Waals surface area (Å²) in [5.74, 6) is 0.791. The van der Waals surface area contributed by atoms with E-state index in [4.69, 9.17) is 0 Å². The third-order valence-electron chi connectivity index (χ3n) is 5.08. The van der Waals surface area contributed by atoms with Gasteiger partial charge in [-0.15, -0.1) is 0 Å². The number of hydrogen-bond acceptors (Lipinski definition) is 3. The third kappa shape index (κ3) is 4.33. The lowest BCUT2D eigenvalue weighted by Crippen LogP contribution is -2.42. The number of likely N-dealkylation sites (tertiary alicyclic amines) is 2. The second-order valence-electron chi connectivity index (χ2n) is 7.00. The van der Waals surface area contributed by atoms with Gasteiger partial charge in [0.25, 0.3) is 5.91 Å². The molecule has 3 rings (SSSR count). The van der Waals surface area contributed by atoms with Gasteiger partial charge in [0.1, 0.15) is 0 Å². The van der Waals surface area contributed by atoms with E-state index in [-0.39, 0.29) is 5.91 Å². The monoisotopic (exact) mass is 315 g/mol. The Bertz CT molecular complexity index is 523. The van der Waals surface area contributed by atoms with Crippen LogP contribution < -0.4 is 5.32 Å². The Kier molecular flexibility index (Phi) is 5.68. The summed E-state index contributed by atoms with van der Waals surface area (Å²) in [5.41, 5.74) is 2.12. The van der Waals surface area contributed by atoms with Crippen LogP contribution in [0.1, 0.15) is 41.6 Å². The van der Waals surface area contributed by atoms with Crippen molar-refractivity contribution in [2.75, 3.05) is 39.8 Å². The van der Waals surface area contributed by atoms with Crippen molar-refractivity contribution in [2.45, 2.75) is 32.2 Å². The minimum absolute atomic E-state index is 0.203. The highest BCUT2D eigenvalue weighted by molar-refractivity contribution is 5.94. The van der Waals surface area contributed by atoms with Crippen molar-refractivity contribution in [3.05, 3.63) is 35.4 Å². The molecule has 1 N–H and O–H groups in total. The first-order valence-electron chi connectivity index (χ1n) is 9.01. The number of carbonyl (C=O) groups excluding carboxylic acids is 1. The van der Waals surface area contributed by atoms with Crippen LogP contribution in [0.25, 0.3) is 0 Å². The molecule has 4 heteroatoms. The fourth-order valence-corrected chi connectivity index (χ4v) is 3.89. The van der Waals surface area contributed by atoms with Crippen LogP contribution in [0.15, 0.2) is 24.3 Å². The topological polar surface area (TPSA) is 35.6 Å². The molecule has 2 fully saturated rings. The summed E-state index contributed by atoms with van der Waals surface area (Å²) in [7, 11) is 1.99. The van der Waals surface area contributed by atoms with Gasteiger partial charge in [-0.3, -0.25) is 9.69 Å². The molecule has 1 unspecified atom stereocenters. The smallest absolute Gasteiger partial charge is 0.253 e. The predicted octanol–water partition coefficient (Wildman–Crippen LogP) is 2.35.